The van der Waals surface area contributed by atoms with Crippen molar-refractivity contribution in [1.29, 1.82) is 0 Å². The Morgan fingerprint density at radius 3 is 2.26 bits per heavy atom. The zero-order valence-electron chi connectivity index (χ0n) is 19.7. The SMILES string of the molecule is CCOC(=O)Oc1ccc(C(=O)N2CCC(NC(=O)Cc3ccc(OC)c(OC)c3)CC2)cc1. The minimum atomic E-state index is -0.781. The van der Waals surface area contributed by atoms with Crippen LogP contribution in [0.5, 0.6) is 17.2 Å². The van der Waals surface area contributed by atoms with Gasteiger partial charge in [0.05, 0.1) is 27.2 Å². The van der Waals surface area contributed by atoms with Crippen molar-refractivity contribution in [2.75, 3.05) is 33.9 Å². The lowest BCUT2D eigenvalue weighted by molar-refractivity contribution is -0.121. The third-order valence-corrected chi connectivity index (χ3v) is 5.52. The topological polar surface area (TPSA) is 103 Å². The molecule has 0 saturated carbocycles. The molecule has 0 aliphatic carbocycles. The first-order valence-corrected chi connectivity index (χ1v) is 11.2. The highest BCUT2D eigenvalue weighted by atomic mass is 16.7. The maximum Gasteiger partial charge on any atom is 0.513 e. The van der Waals surface area contributed by atoms with E-state index < -0.39 is 6.16 Å². The van der Waals surface area contributed by atoms with Crippen molar-refractivity contribution in [2.45, 2.75) is 32.2 Å². The lowest BCUT2D eigenvalue weighted by atomic mass is 10.0. The average molecular weight is 471 g/mol. The number of rotatable bonds is 8. The highest BCUT2D eigenvalue weighted by molar-refractivity contribution is 5.94. The van der Waals surface area contributed by atoms with Gasteiger partial charge in [0.25, 0.3) is 5.91 Å². The minimum absolute atomic E-state index is 0.0112. The number of amides is 2. The van der Waals surface area contributed by atoms with Crippen molar-refractivity contribution in [1.82, 2.24) is 10.2 Å². The quantitative estimate of drug-likeness (QED) is 0.467. The molecule has 182 valence electrons. The summed E-state index contributed by atoms with van der Waals surface area (Å²) in [5, 5.41) is 3.06. The van der Waals surface area contributed by atoms with Gasteiger partial charge in [-0.2, -0.15) is 0 Å². The number of carbonyl (C=O) groups excluding carboxylic acids is 3. The zero-order chi connectivity index (χ0) is 24.5. The van der Waals surface area contributed by atoms with Crippen molar-refractivity contribution in [2.24, 2.45) is 0 Å². The van der Waals surface area contributed by atoms with E-state index in [0.717, 1.165) is 5.56 Å². The summed E-state index contributed by atoms with van der Waals surface area (Å²) in [6.45, 7) is 3.00. The number of hydrogen-bond donors (Lipinski definition) is 1. The molecule has 1 saturated heterocycles. The molecule has 9 nitrogen and oxygen atoms in total. The van der Waals surface area contributed by atoms with Crippen molar-refractivity contribution in [3.05, 3.63) is 53.6 Å². The normalized spacial score (nSPS) is 13.7. The van der Waals surface area contributed by atoms with Crippen LogP contribution in [0.4, 0.5) is 4.79 Å². The molecule has 0 unspecified atom stereocenters. The molecule has 1 N–H and O–H groups in total. The number of nitrogens with zero attached hydrogens (tertiary/aromatic N) is 1. The van der Waals surface area contributed by atoms with Crippen LogP contribution in [-0.2, 0) is 16.0 Å². The first-order chi connectivity index (χ1) is 16.4. The average Bonchev–Trinajstić information content (AvgIpc) is 2.84. The minimum Gasteiger partial charge on any atom is -0.493 e. The van der Waals surface area contributed by atoms with E-state index in [-0.39, 0.29) is 30.9 Å². The van der Waals surface area contributed by atoms with Crippen LogP contribution >= 0.6 is 0 Å². The maximum atomic E-state index is 12.8. The third-order valence-electron chi connectivity index (χ3n) is 5.52. The standard InChI is InChI=1S/C25H30N2O7/c1-4-33-25(30)34-20-8-6-18(7-9-20)24(29)27-13-11-19(12-14-27)26-23(28)16-17-5-10-21(31-2)22(15-17)32-3/h5-10,15,19H,4,11-14,16H2,1-3H3,(H,26,28). The molecular formula is C25H30N2O7. The first-order valence-electron chi connectivity index (χ1n) is 11.2. The Balaban J connectivity index is 1.47. The number of likely N-dealkylation sites (tertiary alicyclic amines) is 1. The van der Waals surface area contributed by atoms with Gasteiger partial charge in [-0.3, -0.25) is 9.59 Å². The van der Waals surface area contributed by atoms with E-state index in [1.54, 1.807) is 62.4 Å². The molecule has 1 heterocycles. The molecule has 1 fully saturated rings. The third kappa shape index (κ3) is 6.63. The van der Waals surface area contributed by atoms with Gasteiger partial charge in [-0.1, -0.05) is 6.07 Å². The van der Waals surface area contributed by atoms with E-state index in [9.17, 15) is 14.4 Å². The number of methoxy groups -OCH3 is 2. The summed E-state index contributed by atoms with van der Waals surface area (Å²) < 4.78 is 20.3. The van der Waals surface area contributed by atoms with E-state index in [1.165, 1.54) is 0 Å². The van der Waals surface area contributed by atoms with Crippen LogP contribution in [0, 0.1) is 0 Å². The smallest absolute Gasteiger partial charge is 0.493 e. The van der Waals surface area contributed by atoms with E-state index in [1.807, 2.05) is 6.07 Å². The summed E-state index contributed by atoms with van der Waals surface area (Å²) in [6.07, 6.45) is 0.803. The van der Waals surface area contributed by atoms with Crippen LogP contribution in [0.1, 0.15) is 35.7 Å². The van der Waals surface area contributed by atoms with E-state index in [4.69, 9.17) is 18.9 Å². The van der Waals surface area contributed by atoms with E-state index >= 15 is 0 Å². The molecule has 3 rings (SSSR count). The largest absolute Gasteiger partial charge is 0.513 e. The second kappa shape index (κ2) is 11.9. The number of carbonyl (C=O) groups is 3. The molecule has 0 atom stereocenters. The van der Waals surface area contributed by atoms with Crippen molar-refractivity contribution >= 4 is 18.0 Å². The molecule has 0 radical (unpaired) electrons. The van der Waals surface area contributed by atoms with Gasteiger partial charge >= 0.3 is 6.16 Å². The molecule has 1 aliphatic rings. The number of ether oxygens (including phenoxy) is 4. The van der Waals surface area contributed by atoms with Gasteiger partial charge < -0.3 is 29.2 Å². The molecule has 2 amide bonds. The summed E-state index contributed by atoms with van der Waals surface area (Å²) in [5.41, 5.74) is 1.34. The van der Waals surface area contributed by atoms with Crippen molar-refractivity contribution < 1.29 is 33.3 Å². The summed E-state index contributed by atoms with van der Waals surface area (Å²) in [7, 11) is 3.12. The van der Waals surface area contributed by atoms with Crippen molar-refractivity contribution in [3.8, 4) is 17.2 Å². The van der Waals surface area contributed by atoms with Gasteiger partial charge in [0.15, 0.2) is 11.5 Å². The fraction of sp³-hybridized carbons (Fsp3) is 0.400. The zero-order valence-corrected chi connectivity index (χ0v) is 19.7. The Bertz CT molecular complexity index is 999. The number of piperidine rings is 1. The van der Waals surface area contributed by atoms with Gasteiger partial charge in [0.1, 0.15) is 5.75 Å². The summed E-state index contributed by atoms with van der Waals surface area (Å²) in [5.74, 6) is 1.34. The number of benzene rings is 2. The molecule has 1 aliphatic heterocycles. The van der Waals surface area contributed by atoms with Gasteiger partial charge in [-0.25, -0.2) is 4.79 Å². The molecule has 2 aromatic rings. The molecule has 0 bridgehead atoms. The Morgan fingerprint density at radius 1 is 0.971 bits per heavy atom. The van der Waals surface area contributed by atoms with Crippen LogP contribution in [0.15, 0.2) is 42.5 Å². The van der Waals surface area contributed by atoms with Crippen LogP contribution in [0.2, 0.25) is 0 Å². The van der Waals surface area contributed by atoms with Crippen LogP contribution in [0.25, 0.3) is 0 Å². The monoisotopic (exact) mass is 470 g/mol. The van der Waals surface area contributed by atoms with Crippen LogP contribution < -0.4 is 19.5 Å². The second-order valence-corrected chi connectivity index (χ2v) is 7.81. The first kappa shape index (κ1) is 24.9. The molecule has 2 aromatic carbocycles. The lowest BCUT2D eigenvalue weighted by Gasteiger charge is -2.32. The van der Waals surface area contributed by atoms with E-state index in [0.29, 0.717) is 48.7 Å². The highest BCUT2D eigenvalue weighted by Crippen LogP contribution is 2.27. The Labute approximate surface area is 198 Å². The molecule has 0 aromatic heterocycles. The van der Waals surface area contributed by atoms with Crippen LogP contribution in [0.3, 0.4) is 0 Å². The fourth-order valence-corrected chi connectivity index (χ4v) is 3.77. The molecular weight excluding hydrogens is 440 g/mol. The van der Waals surface area contributed by atoms with E-state index in [2.05, 4.69) is 5.32 Å². The predicted molar refractivity (Wildman–Crippen MR) is 124 cm³/mol. The lowest BCUT2D eigenvalue weighted by Crippen LogP contribution is -2.46. The molecule has 34 heavy (non-hydrogen) atoms. The summed E-state index contributed by atoms with van der Waals surface area (Å²) in [6, 6.07) is 11.8. The maximum absolute atomic E-state index is 12.8. The number of nitrogens with one attached hydrogen (secondary N) is 1. The predicted octanol–water partition coefficient (Wildman–Crippen LogP) is 3.20. The van der Waals surface area contributed by atoms with Crippen molar-refractivity contribution in [3.63, 3.8) is 0 Å². The Hall–Kier alpha value is -3.75. The van der Waals surface area contributed by atoms with Crippen LogP contribution in [-0.4, -0.2) is 62.8 Å². The van der Waals surface area contributed by atoms with Gasteiger partial charge in [0.2, 0.25) is 5.91 Å². The Kier molecular flexibility index (Phi) is 8.73. The molecule has 9 heteroatoms. The summed E-state index contributed by atoms with van der Waals surface area (Å²) >= 11 is 0. The number of hydrogen-bond acceptors (Lipinski definition) is 7. The van der Waals surface area contributed by atoms with Gasteiger partial charge in [-0.15, -0.1) is 0 Å². The highest BCUT2D eigenvalue weighted by Gasteiger charge is 2.25. The second-order valence-electron chi connectivity index (χ2n) is 7.81. The fourth-order valence-electron chi connectivity index (χ4n) is 3.77. The summed E-state index contributed by atoms with van der Waals surface area (Å²) in [4.78, 5) is 38.5. The van der Waals surface area contributed by atoms with Gasteiger partial charge in [0, 0.05) is 24.7 Å². The Morgan fingerprint density at radius 2 is 1.65 bits per heavy atom. The van der Waals surface area contributed by atoms with Gasteiger partial charge in [-0.05, 0) is 61.7 Å². The molecule has 0 spiro atoms.